The molecule has 0 radical (unpaired) electrons. The van der Waals surface area contributed by atoms with Crippen LogP contribution in [0.25, 0.3) is 11.4 Å². The van der Waals surface area contributed by atoms with E-state index in [4.69, 9.17) is 4.99 Å². The van der Waals surface area contributed by atoms with Crippen LogP contribution in [0.5, 0.6) is 0 Å². The molecule has 0 amide bonds. The molecule has 1 aliphatic rings. The fourth-order valence-electron chi connectivity index (χ4n) is 3.53. The van der Waals surface area contributed by atoms with Crippen molar-refractivity contribution in [3.63, 3.8) is 0 Å². The van der Waals surface area contributed by atoms with E-state index in [-0.39, 0.29) is 24.0 Å². The molecule has 0 saturated carbocycles. The van der Waals surface area contributed by atoms with Crippen LogP contribution < -0.4 is 5.32 Å². The quantitative estimate of drug-likeness (QED) is 0.316. The normalized spacial score (nSPS) is 14.1. The number of guanidine groups is 1. The number of halogens is 1. The van der Waals surface area contributed by atoms with Crippen LogP contribution in [-0.4, -0.2) is 45.0 Å². The molecule has 0 aliphatic carbocycles. The van der Waals surface area contributed by atoms with Crippen molar-refractivity contribution in [2.75, 3.05) is 19.6 Å². The number of pyridine rings is 1. The molecular formula is C23H27IN6. The van der Waals surface area contributed by atoms with Crippen molar-refractivity contribution in [1.29, 1.82) is 0 Å². The highest BCUT2D eigenvalue weighted by molar-refractivity contribution is 14.0. The fraction of sp³-hybridized carbons (Fsp3) is 0.261. The van der Waals surface area contributed by atoms with Crippen molar-refractivity contribution in [3.05, 3.63) is 84.6 Å². The van der Waals surface area contributed by atoms with Crippen molar-refractivity contribution < 1.29 is 0 Å². The van der Waals surface area contributed by atoms with Crippen LogP contribution in [0.4, 0.5) is 0 Å². The van der Waals surface area contributed by atoms with E-state index in [1.165, 1.54) is 11.1 Å². The van der Waals surface area contributed by atoms with Crippen LogP contribution in [0.2, 0.25) is 0 Å². The number of benzene rings is 1. The standard InChI is InChI=1S/C23H26N6.HI/c1-2-25-23(28-14-10-20(11-15-28)19-7-4-3-5-8-19)27-17-21-9-6-12-26-22(21)29-16-13-24-18-29;/h3-10,12-13,16,18H,2,11,14-15,17H2,1H3,(H,25,27);1H. The van der Waals surface area contributed by atoms with E-state index in [0.717, 1.165) is 43.4 Å². The number of nitrogens with one attached hydrogen (secondary N) is 1. The highest BCUT2D eigenvalue weighted by atomic mass is 127. The van der Waals surface area contributed by atoms with E-state index in [1.807, 2.05) is 16.8 Å². The van der Waals surface area contributed by atoms with Gasteiger partial charge in [0, 0.05) is 43.8 Å². The third kappa shape index (κ3) is 5.27. The molecule has 1 N–H and O–H groups in total. The van der Waals surface area contributed by atoms with E-state index in [9.17, 15) is 0 Å². The average molecular weight is 514 g/mol. The summed E-state index contributed by atoms with van der Waals surface area (Å²) in [6.07, 6.45) is 10.6. The smallest absolute Gasteiger partial charge is 0.194 e. The molecule has 0 saturated heterocycles. The van der Waals surface area contributed by atoms with Gasteiger partial charge in [-0.1, -0.05) is 42.5 Å². The lowest BCUT2D eigenvalue weighted by molar-refractivity contribution is 0.440. The summed E-state index contributed by atoms with van der Waals surface area (Å²) in [5.41, 5.74) is 3.79. The van der Waals surface area contributed by atoms with Crippen LogP contribution in [0.3, 0.4) is 0 Å². The van der Waals surface area contributed by atoms with Gasteiger partial charge in [-0.3, -0.25) is 4.57 Å². The van der Waals surface area contributed by atoms with Crippen molar-refractivity contribution in [2.24, 2.45) is 4.99 Å². The summed E-state index contributed by atoms with van der Waals surface area (Å²) < 4.78 is 1.92. The van der Waals surface area contributed by atoms with E-state index in [0.29, 0.717) is 6.54 Å². The monoisotopic (exact) mass is 514 g/mol. The first-order valence-electron chi connectivity index (χ1n) is 10.0. The lowest BCUT2D eigenvalue weighted by Gasteiger charge is -2.30. The van der Waals surface area contributed by atoms with Crippen LogP contribution in [0.15, 0.2) is 78.5 Å². The van der Waals surface area contributed by atoms with Gasteiger partial charge in [-0.2, -0.15) is 0 Å². The summed E-state index contributed by atoms with van der Waals surface area (Å²) in [5, 5.41) is 3.44. The van der Waals surface area contributed by atoms with Gasteiger partial charge in [0.15, 0.2) is 5.96 Å². The Kier molecular flexibility index (Phi) is 8.01. The van der Waals surface area contributed by atoms with Crippen molar-refractivity contribution in [1.82, 2.24) is 24.8 Å². The molecule has 156 valence electrons. The first kappa shape index (κ1) is 22.0. The molecule has 0 fully saturated rings. The maximum atomic E-state index is 4.90. The van der Waals surface area contributed by atoms with Gasteiger partial charge < -0.3 is 10.2 Å². The Labute approximate surface area is 194 Å². The largest absolute Gasteiger partial charge is 0.356 e. The molecular weight excluding hydrogens is 487 g/mol. The van der Waals surface area contributed by atoms with Crippen LogP contribution >= 0.6 is 24.0 Å². The van der Waals surface area contributed by atoms with E-state index >= 15 is 0 Å². The molecule has 0 bridgehead atoms. The second kappa shape index (κ2) is 10.9. The van der Waals surface area contributed by atoms with E-state index in [2.05, 4.69) is 69.6 Å². The third-order valence-corrected chi connectivity index (χ3v) is 5.00. The number of rotatable bonds is 5. The van der Waals surface area contributed by atoms with Gasteiger partial charge in [0.1, 0.15) is 12.1 Å². The molecule has 1 aromatic carbocycles. The highest BCUT2D eigenvalue weighted by Crippen LogP contribution is 2.22. The zero-order valence-corrected chi connectivity index (χ0v) is 19.4. The molecule has 1 aliphatic heterocycles. The first-order valence-corrected chi connectivity index (χ1v) is 10.0. The number of nitrogens with zero attached hydrogens (tertiary/aromatic N) is 5. The number of aromatic nitrogens is 3. The second-order valence-corrected chi connectivity index (χ2v) is 6.92. The second-order valence-electron chi connectivity index (χ2n) is 6.92. The molecule has 3 aromatic rings. The fourth-order valence-corrected chi connectivity index (χ4v) is 3.53. The van der Waals surface area contributed by atoms with Crippen molar-refractivity contribution in [2.45, 2.75) is 19.9 Å². The minimum absolute atomic E-state index is 0. The number of hydrogen-bond acceptors (Lipinski definition) is 3. The Morgan fingerprint density at radius 3 is 2.70 bits per heavy atom. The lowest BCUT2D eigenvalue weighted by atomic mass is 10.00. The molecule has 0 spiro atoms. The van der Waals surface area contributed by atoms with Crippen molar-refractivity contribution in [3.8, 4) is 5.82 Å². The van der Waals surface area contributed by atoms with Crippen LogP contribution in [-0.2, 0) is 6.54 Å². The molecule has 30 heavy (non-hydrogen) atoms. The van der Waals surface area contributed by atoms with Crippen LogP contribution in [0, 0.1) is 0 Å². The Balaban J connectivity index is 0.00000256. The Morgan fingerprint density at radius 1 is 1.13 bits per heavy atom. The maximum absolute atomic E-state index is 4.90. The summed E-state index contributed by atoms with van der Waals surface area (Å²) >= 11 is 0. The van der Waals surface area contributed by atoms with Gasteiger partial charge in [-0.05, 0) is 30.5 Å². The zero-order valence-electron chi connectivity index (χ0n) is 17.1. The summed E-state index contributed by atoms with van der Waals surface area (Å²) in [4.78, 5) is 15.9. The Bertz CT molecular complexity index is 982. The van der Waals surface area contributed by atoms with E-state index in [1.54, 1.807) is 18.7 Å². The minimum atomic E-state index is 0. The lowest BCUT2D eigenvalue weighted by Crippen LogP contribution is -2.43. The number of imidazole rings is 1. The van der Waals surface area contributed by atoms with Gasteiger partial charge >= 0.3 is 0 Å². The summed E-state index contributed by atoms with van der Waals surface area (Å²) in [7, 11) is 0. The topological polar surface area (TPSA) is 58.3 Å². The predicted octanol–water partition coefficient (Wildman–Crippen LogP) is 4.14. The molecule has 4 rings (SSSR count). The SMILES string of the molecule is CCNC(=NCc1cccnc1-n1ccnc1)N1CC=C(c2ccccc2)CC1.I. The van der Waals surface area contributed by atoms with Gasteiger partial charge in [0.05, 0.1) is 6.54 Å². The Hall–Kier alpha value is -2.68. The molecule has 6 nitrogen and oxygen atoms in total. The van der Waals surface area contributed by atoms with Gasteiger partial charge in [0.2, 0.25) is 0 Å². The maximum Gasteiger partial charge on any atom is 0.194 e. The van der Waals surface area contributed by atoms with Crippen molar-refractivity contribution >= 4 is 35.5 Å². The Morgan fingerprint density at radius 2 is 2.00 bits per heavy atom. The molecule has 7 heteroatoms. The third-order valence-electron chi connectivity index (χ3n) is 5.00. The van der Waals surface area contributed by atoms with E-state index < -0.39 is 0 Å². The number of aliphatic imine (C=N–C) groups is 1. The van der Waals surface area contributed by atoms with Gasteiger partial charge in [-0.25, -0.2) is 15.0 Å². The summed E-state index contributed by atoms with van der Waals surface area (Å²) in [6, 6.07) is 14.6. The molecule has 0 atom stereocenters. The minimum Gasteiger partial charge on any atom is -0.356 e. The molecule has 2 aromatic heterocycles. The zero-order chi connectivity index (χ0) is 19.9. The first-order chi connectivity index (χ1) is 14.3. The predicted molar refractivity (Wildman–Crippen MR) is 132 cm³/mol. The number of hydrogen-bond donors (Lipinski definition) is 1. The van der Waals surface area contributed by atoms with Gasteiger partial charge in [-0.15, -0.1) is 24.0 Å². The summed E-state index contributed by atoms with van der Waals surface area (Å²) in [6.45, 7) is 5.32. The molecule has 0 unspecified atom stereocenters. The highest BCUT2D eigenvalue weighted by Gasteiger charge is 2.16. The van der Waals surface area contributed by atoms with Gasteiger partial charge in [0.25, 0.3) is 0 Å². The average Bonchev–Trinajstić information content (AvgIpc) is 3.32. The van der Waals surface area contributed by atoms with Crippen LogP contribution in [0.1, 0.15) is 24.5 Å². The molecule has 3 heterocycles. The summed E-state index contributed by atoms with van der Waals surface area (Å²) in [5.74, 6) is 1.81.